The van der Waals surface area contributed by atoms with Crippen molar-refractivity contribution in [2.75, 3.05) is 5.32 Å². The molecule has 3 heteroatoms. The van der Waals surface area contributed by atoms with Crippen molar-refractivity contribution < 1.29 is 0 Å². The number of hydrogen-bond donors (Lipinski definition) is 1. The quantitative estimate of drug-likeness (QED) is 0.769. The molecule has 0 radical (unpaired) electrons. The fourth-order valence-electron chi connectivity index (χ4n) is 2.35. The van der Waals surface area contributed by atoms with Crippen molar-refractivity contribution in [3.63, 3.8) is 0 Å². The highest BCUT2D eigenvalue weighted by atomic mass is 15.1. The molecule has 3 rings (SSSR count). The molecular weight excluding hydrogens is 234 g/mol. The van der Waals surface area contributed by atoms with Crippen molar-refractivity contribution in [2.45, 2.75) is 19.9 Å². The van der Waals surface area contributed by atoms with Gasteiger partial charge in [-0.1, -0.05) is 37.3 Å². The molecule has 1 N–H and O–H groups in total. The van der Waals surface area contributed by atoms with Crippen LogP contribution in [-0.4, -0.2) is 9.38 Å². The number of aromatic nitrogens is 2. The van der Waals surface area contributed by atoms with Gasteiger partial charge in [-0.2, -0.15) is 0 Å². The fraction of sp³-hybridized carbons (Fsp3) is 0.188. The lowest BCUT2D eigenvalue weighted by Crippen LogP contribution is -2.05. The van der Waals surface area contributed by atoms with E-state index >= 15 is 0 Å². The van der Waals surface area contributed by atoms with Gasteiger partial charge in [0.1, 0.15) is 11.5 Å². The first kappa shape index (κ1) is 11.8. The number of hydrogen-bond acceptors (Lipinski definition) is 2. The molecule has 0 saturated carbocycles. The largest absolute Gasteiger partial charge is 0.367 e. The normalized spacial score (nSPS) is 10.8. The first-order chi connectivity index (χ1) is 9.38. The molecule has 3 aromatic rings. The summed E-state index contributed by atoms with van der Waals surface area (Å²) in [6.07, 6.45) is 4.86. The van der Waals surface area contributed by atoms with Crippen LogP contribution in [0.25, 0.3) is 5.65 Å². The average molecular weight is 251 g/mol. The maximum absolute atomic E-state index is 4.29. The molecule has 0 fully saturated rings. The predicted octanol–water partition coefficient (Wildman–Crippen LogP) is 3.51. The zero-order valence-electron chi connectivity index (χ0n) is 11.0. The third-order valence-electron chi connectivity index (χ3n) is 3.39. The Bertz CT molecular complexity index is 685. The molecule has 96 valence electrons. The highest BCUT2D eigenvalue weighted by molar-refractivity contribution is 5.50. The first-order valence-corrected chi connectivity index (χ1v) is 6.61. The summed E-state index contributed by atoms with van der Waals surface area (Å²) in [6, 6.07) is 14.7. The number of rotatable bonds is 4. The van der Waals surface area contributed by atoms with Crippen LogP contribution in [0.3, 0.4) is 0 Å². The zero-order chi connectivity index (χ0) is 13.1. The van der Waals surface area contributed by atoms with Crippen LogP contribution in [0.1, 0.15) is 18.1 Å². The zero-order valence-corrected chi connectivity index (χ0v) is 11.0. The molecule has 2 heterocycles. The summed E-state index contributed by atoms with van der Waals surface area (Å²) >= 11 is 0. The van der Waals surface area contributed by atoms with Crippen LogP contribution in [0.5, 0.6) is 0 Å². The topological polar surface area (TPSA) is 29.3 Å². The van der Waals surface area contributed by atoms with E-state index in [1.54, 1.807) is 0 Å². The van der Waals surface area contributed by atoms with Gasteiger partial charge in [-0.15, -0.1) is 0 Å². The van der Waals surface area contributed by atoms with Gasteiger partial charge in [0.2, 0.25) is 0 Å². The van der Waals surface area contributed by atoms with Gasteiger partial charge < -0.3 is 5.32 Å². The number of fused-ring (bicyclic) bond motifs is 1. The van der Waals surface area contributed by atoms with Crippen LogP contribution in [0.2, 0.25) is 0 Å². The van der Waals surface area contributed by atoms with Gasteiger partial charge in [0.05, 0.1) is 0 Å². The van der Waals surface area contributed by atoms with Gasteiger partial charge in [0, 0.05) is 18.9 Å². The van der Waals surface area contributed by atoms with Crippen molar-refractivity contribution in [3.8, 4) is 0 Å². The maximum atomic E-state index is 4.29. The molecule has 0 atom stereocenters. The SMILES string of the molecule is CCc1ccccc1CNc1cccc2nccn12. The molecule has 3 nitrogen and oxygen atoms in total. The molecule has 0 bridgehead atoms. The summed E-state index contributed by atoms with van der Waals surface area (Å²) in [6.45, 7) is 3.02. The van der Waals surface area contributed by atoms with E-state index in [1.807, 2.05) is 24.5 Å². The van der Waals surface area contributed by atoms with E-state index in [0.29, 0.717) is 0 Å². The van der Waals surface area contributed by atoms with E-state index in [0.717, 1.165) is 24.4 Å². The summed E-state index contributed by atoms with van der Waals surface area (Å²) in [4.78, 5) is 4.29. The van der Waals surface area contributed by atoms with Gasteiger partial charge in [-0.3, -0.25) is 4.40 Å². The van der Waals surface area contributed by atoms with Crippen LogP contribution < -0.4 is 5.32 Å². The molecule has 0 spiro atoms. The molecule has 1 aromatic carbocycles. The second-order valence-electron chi connectivity index (χ2n) is 4.54. The van der Waals surface area contributed by atoms with Crippen molar-refractivity contribution in [3.05, 3.63) is 66.0 Å². The minimum absolute atomic E-state index is 0.835. The number of imidazole rings is 1. The Morgan fingerprint density at radius 1 is 1.05 bits per heavy atom. The number of benzene rings is 1. The van der Waals surface area contributed by atoms with Crippen molar-refractivity contribution in [1.82, 2.24) is 9.38 Å². The first-order valence-electron chi connectivity index (χ1n) is 6.61. The molecule has 0 unspecified atom stereocenters. The maximum Gasteiger partial charge on any atom is 0.138 e. The summed E-state index contributed by atoms with van der Waals surface area (Å²) in [7, 11) is 0. The summed E-state index contributed by atoms with van der Waals surface area (Å²) in [5.74, 6) is 1.07. The van der Waals surface area contributed by atoms with Gasteiger partial charge in [0.25, 0.3) is 0 Å². The fourth-order valence-corrected chi connectivity index (χ4v) is 2.35. The van der Waals surface area contributed by atoms with Gasteiger partial charge in [0.15, 0.2) is 0 Å². The third kappa shape index (κ3) is 2.32. The smallest absolute Gasteiger partial charge is 0.138 e. The molecule has 2 aromatic heterocycles. The van der Waals surface area contributed by atoms with Crippen LogP contribution >= 0.6 is 0 Å². The van der Waals surface area contributed by atoms with Gasteiger partial charge in [-0.05, 0) is 29.7 Å². The predicted molar refractivity (Wildman–Crippen MR) is 78.3 cm³/mol. The Balaban J connectivity index is 1.84. The van der Waals surface area contributed by atoms with Gasteiger partial charge >= 0.3 is 0 Å². The van der Waals surface area contributed by atoms with Crippen LogP contribution in [0, 0.1) is 0 Å². The number of pyridine rings is 1. The summed E-state index contributed by atoms with van der Waals surface area (Å²) in [5.41, 5.74) is 3.71. The van der Waals surface area contributed by atoms with E-state index in [9.17, 15) is 0 Å². The summed E-state index contributed by atoms with van der Waals surface area (Å²) in [5, 5.41) is 3.49. The van der Waals surface area contributed by atoms with Crippen molar-refractivity contribution >= 4 is 11.5 Å². The number of nitrogens with zero attached hydrogens (tertiary/aromatic N) is 2. The van der Waals surface area contributed by atoms with E-state index in [2.05, 4.69) is 52.0 Å². The monoisotopic (exact) mass is 251 g/mol. The molecule has 0 aliphatic rings. The highest BCUT2D eigenvalue weighted by Crippen LogP contribution is 2.14. The number of nitrogens with one attached hydrogen (secondary N) is 1. The number of aryl methyl sites for hydroxylation is 1. The Kier molecular flexibility index (Phi) is 3.19. The Morgan fingerprint density at radius 3 is 2.74 bits per heavy atom. The lowest BCUT2D eigenvalue weighted by molar-refractivity contribution is 1.02. The van der Waals surface area contributed by atoms with E-state index in [4.69, 9.17) is 0 Å². The Morgan fingerprint density at radius 2 is 1.89 bits per heavy atom. The van der Waals surface area contributed by atoms with E-state index in [-0.39, 0.29) is 0 Å². The minimum atomic E-state index is 0.835. The highest BCUT2D eigenvalue weighted by Gasteiger charge is 2.02. The molecule has 0 aliphatic heterocycles. The van der Waals surface area contributed by atoms with Crippen LogP contribution in [0.4, 0.5) is 5.82 Å². The Labute approximate surface area is 112 Å². The molecule has 0 amide bonds. The second-order valence-corrected chi connectivity index (χ2v) is 4.54. The van der Waals surface area contributed by atoms with Gasteiger partial charge in [-0.25, -0.2) is 4.98 Å². The second kappa shape index (κ2) is 5.14. The molecule has 19 heavy (non-hydrogen) atoms. The van der Waals surface area contributed by atoms with Crippen LogP contribution in [-0.2, 0) is 13.0 Å². The third-order valence-corrected chi connectivity index (χ3v) is 3.39. The minimum Gasteiger partial charge on any atom is -0.367 e. The molecular formula is C16H17N3. The average Bonchev–Trinajstić information content (AvgIpc) is 2.94. The summed E-state index contributed by atoms with van der Waals surface area (Å²) < 4.78 is 2.06. The lowest BCUT2D eigenvalue weighted by atomic mass is 10.1. The standard InChI is InChI=1S/C16H17N3/c1-2-13-6-3-4-7-14(13)12-18-16-9-5-8-15-17-10-11-19(15)16/h3-11,18H,2,12H2,1H3. The Hall–Kier alpha value is -2.29. The lowest BCUT2D eigenvalue weighted by Gasteiger charge is -2.11. The number of anilines is 1. The van der Waals surface area contributed by atoms with E-state index in [1.165, 1.54) is 11.1 Å². The van der Waals surface area contributed by atoms with Crippen molar-refractivity contribution in [1.29, 1.82) is 0 Å². The molecule has 0 saturated heterocycles. The van der Waals surface area contributed by atoms with Crippen molar-refractivity contribution in [2.24, 2.45) is 0 Å². The van der Waals surface area contributed by atoms with E-state index < -0.39 is 0 Å². The molecule has 0 aliphatic carbocycles. The van der Waals surface area contributed by atoms with Crippen LogP contribution in [0.15, 0.2) is 54.9 Å².